The number of unbranched alkanes of at least 4 members (excludes halogenated alkanes) is 44. The lowest BCUT2D eigenvalue weighted by molar-refractivity contribution is -0.123. The Labute approximate surface area is 445 Å². The van der Waals surface area contributed by atoms with E-state index >= 15 is 0 Å². The van der Waals surface area contributed by atoms with Gasteiger partial charge in [0.1, 0.15) is 0 Å². The SMILES string of the molecule is CCCCCCC/C=C\C/C=C\CCCCCCCCCCCCCCCCCCCC(=O)NC(CO)C(O)/C=C/CC/C=C/CC/C=C/CCCCCCCCCCCCCCCCCCCCCC. The van der Waals surface area contributed by atoms with Crippen molar-refractivity contribution in [3.05, 3.63) is 60.8 Å². The van der Waals surface area contributed by atoms with E-state index in [1.807, 2.05) is 6.08 Å². The van der Waals surface area contributed by atoms with E-state index in [1.54, 1.807) is 6.08 Å². The van der Waals surface area contributed by atoms with Crippen molar-refractivity contribution in [2.75, 3.05) is 6.61 Å². The van der Waals surface area contributed by atoms with Crippen LogP contribution in [0.1, 0.15) is 341 Å². The molecule has 4 nitrogen and oxygen atoms in total. The van der Waals surface area contributed by atoms with E-state index in [0.29, 0.717) is 6.42 Å². The molecule has 0 aromatic rings. The van der Waals surface area contributed by atoms with Gasteiger partial charge in [0.15, 0.2) is 0 Å². The van der Waals surface area contributed by atoms with E-state index in [1.165, 1.54) is 276 Å². The second-order valence-corrected chi connectivity index (χ2v) is 21.8. The molecule has 3 N–H and O–H groups in total. The molecule has 1 amide bonds. The summed E-state index contributed by atoms with van der Waals surface area (Å²) < 4.78 is 0. The number of carbonyl (C=O) groups excluding carboxylic acids is 1. The lowest BCUT2D eigenvalue weighted by Crippen LogP contribution is -2.45. The highest BCUT2D eigenvalue weighted by Crippen LogP contribution is 2.17. The Kier molecular flexibility index (Phi) is 60.7. The average Bonchev–Trinajstić information content (AvgIpc) is 3.37. The van der Waals surface area contributed by atoms with Gasteiger partial charge in [-0.3, -0.25) is 4.79 Å². The Morgan fingerprint density at radius 3 is 0.901 bits per heavy atom. The largest absolute Gasteiger partial charge is 0.394 e. The van der Waals surface area contributed by atoms with Crippen molar-refractivity contribution in [1.82, 2.24) is 5.32 Å². The van der Waals surface area contributed by atoms with E-state index < -0.39 is 12.1 Å². The third kappa shape index (κ3) is 58.8. The molecule has 0 saturated heterocycles. The highest BCUT2D eigenvalue weighted by molar-refractivity contribution is 5.76. The summed E-state index contributed by atoms with van der Waals surface area (Å²) in [4.78, 5) is 12.5. The van der Waals surface area contributed by atoms with E-state index in [4.69, 9.17) is 0 Å². The minimum atomic E-state index is -0.873. The Hall–Kier alpha value is -1.91. The van der Waals surface area contributed by atoms with Crippen LogP contribution in [0.15, 0.2) is 60.8 Å². The minimum absolute atomic E-state index is 0.0740. The zero-order chi connectivity index (χ0) is 51.3. The van der Waals surface area contributed by atoms with Gasteiger partial charge in [-0.25, -0.2) is 0 Å². The van der Waals surface area contributed by atoms with Crippen LogP contribution >= 0.6 is 0 Å². The predicted octanol–water partition coefficient (Wildman–Crippen LogP) is 21.5. The van der Waals surface area contributed by atoms with Crippen molar-refractivity contribution in [2.45, 2.75) is 353 Å². The van der Waals surface area contributed by atoms with Gasteiger partial charge in [0.05, 0.1) is 18.8 Å². The molecule has 0 aliphatic heterocycles. The molecule has 0 bridgehead atoms. The first-order valence-electron chi connectivity index (χ1n) is 32.0. The number of aliphatic hydroxyl groups is 2. The maximum Gasteiger partial charge on any atom is 0.220 e. The minimum Gasteiger partial charge on any atom is -0.394 e. The molecule has 2 unspecified atom stereocenters. The topological polar surface area (TPSA) is 69.6 Å². The monoisotopic (exact) mass is 992 g/mol. The highest BCUT2D eigenvalue weighted by atomic mass is 16.3. The summed E-state index contributed by atoms with van der Waals surface area (Å²) in [7, 11) is 0. The molecule has 0 aliphatic carbocycles. The normalized spacial score (nSPS) is 13.1. The molecule has 416 valence electrons. The maximum atomic E-state index is 12.5. The second-order valence-electron chi connectivity index (χ2n) is 21.8. The van der Waals surface area contributed by atoms with Crippen LogP contribution in [0.2, 0.25) is 0 Å². The molecule has 4 heteroatoms. The number of allylic oxidation sites excluding steroid dienone is 9. The molecule has 71 heavy (non-hydrogen) atoms. The lowest BCUT2D eigenvalue weighted by atomic mass is 10.0. The molecule has 0 radical (unpaired) electrons. The number of nitrogens with one attached hydrogen (secondary N) is 1. The van der Waals surface area contributed by atoms with Crippen molar-refractivity contribution >= 4 is 5.91 Å². The quantitative estimate of drug-likeness (QED) is 0.0420. The van der Waals surface area contributed by atoms with E-state index in [-0.39, 0.29) is 12.5 Å². The summed E-state index contributed by atoms with van der Waals surface area (Å²) in [5.74, 6) is -0.0740. The van der Waals surface area contributed by atoms with Gasteiger partial charge in [-0.1, -0.05) is 319 Å². The van der Waals surface area contributed by atoms with Crippen molar-refractivity contribution in [3.8, 4) is 0 Å². The van der Waals surface area contributed by atoms with Crippen molar-refractivity contribution in [3.63, 3.8) is 0 Å². The summed E-state index contributed by atoms with van der Waals surface area (Å²) >= 11 is 0. The van der Waals surface area contributed by atoms with Crippen LogP contribution in [0.4, 0.5) is 0 Å². The number of carbonyl (C=O) groups is 1. The molecule has 0 heterocycles. The van der Waals surface area contributed by atoms with Crippen molar-refractivity contribution in [2.24, 2.45) is 0 Å². The van der Waals surface area contributed by atoms with Crippen molar-refractivity contribution < 1.29 is 15.0 Å². The molecule has 0 aromatic carbocycles. The third-order valence-corrected chi connectivity index (χ3v) is 14.7. The number of rotatable bonds is 59. The van der Waals surface area contributed by atoms with Crippen LogP contribution in [-0.2, 0) is 4.79 Å². The van der Waals surface area contributed by atoms with E-state index in [2.05, 4.69) is 67.8 Å². The molecule has 0 fully saturated rings. The number of amides is 1. The van der Waals surface area contributed by atoms with Gasteiger partial charge < -0.3 is 15.5 Å². The van der Waals surface area contributed by atoms with Crippen LogP contribution < -0.4 is 5.32 Å². The Morgan fingerprint density at radius 1 is 0.338 bits per heavy atom. The molecule has 0 spiro atoms. The molecule has 0 saturated carbocycles. The molecule has 0 aromatic heterocycles. The standard InChI is InChI=1S/C67H125NO3/c1-3-5-7-9-11-13-15-17-19-21-23-25-27-29-31-33-35-36-38-40-42-44-46-48-50-52-54-56-58-60-62-66(70)65(64-69)68-67(71)63-61-59-57-55-53-51-49-47-45-43-41-39-37-34-32-30-28-26-24-22-20-18-16-14-12-10-8-6-4-2/h16,18,22,24,44,46,52,54,60,62,65-66,69-70H,3-15,17,19-21,23,25-43,45,47-51,53,55-59,61,63-64H2,1-2H3,(H,68,71)/b18-16-,24-22-,46-44+,54-52+,62-60+. The van der Waals surface area contributed by atoms with E-state index in [0.717, 1.165) is 44.9 Å². The molecular weight excluding hydrogens is 867 g/mol. The highest BCUT2D eigenvalue weighted by Gasteiger charge is 2.18. The lowest BCUT2D eigenvalue weighted by Gasteiger charge is -2.19. The van der Waals surface area contributed by atoms with Gasteiger partial charge >= 0.3 is 0 Å². The van der Waals surface area contributed by atoms with Gasteiger partial charge in [0, 0.05) is 6.42 Å². The smallest absolute Gasteiger partial charge is 0.220 e. The fraction of sp³-hybridized carbons (Fsp3) is 0.836. The summed E-state index contributed by atoms with van der Waals surface area (Å²) in [6.45, 7) is 4.32. The molecular formula is C67H125NO3. The Balaban J connectivity index is 3.51. The number of hydrogen-bond acceptors (Lipinski definition) is 3. The van der Waals surface area contributed by atoms with Gasteiger partial charge in [0.2, 0.25) is 5.91 Å². The summed E-state index contributed by atoms with van der Waals surface area (Å²) in [5.41, 5.74) is 0. The summed E-state index contributed by atoms with van der Waals surface area (Å²) in [5, 5.41) is 23.2. The Morgan fingerprint density at radius 2 is 0.592 bits per heavy atom. The fourth-order valence-electron chi connectivity index (χ4n) is 9.83. The van der Waals surface area contributed by atoms with Gasteiger partial charge in [0.25, 0.3) is 0 Å². The Bertz CT molecular complexity index is 1170. The number of hydrogen-bond donors (Lipinski definition) is 3. The van der Waals surface area contributed by atoms with Gasteiger partial charge in [-0.05, 0) is 77.0 Å². The first-order chi connectivity index (χ1) is 35.2. The van der Waals surface area contributed by atoms with Gasteiger partial charge in [-0.2, -0.15) is 0 Å². The van der Waals surface area contributed by atoms with E-state index in [9.17, 15) is 15.0 Å². The zero-order valence-electron chi connectivity index (χ0n) is 48.0. The summed E-state index contributed by atoms with van der Waals surface area (Å²) in [6.07, 6.45) is 88.5. The predicted molar refractivity (Wildman–Crippen MR) is 318 cm³/mol. The van der Waals surface area contributed by atoms with Crippen LogP contribution in [-0.4, -0.2) is 34.9 Å². The molecule has 2 atom stereocenters. The number of aliphatic hydroxyl groups excluding tert-OH is 2. The van der Waals surface area contributed by atoms with Crippen LogP contribution in [0.3, 0.4) is 0 Å². The second kappa shape index (κ2) is 62.4. The molecule has 0 aliphatic rings. The van der Waals surface area contributed by atoms with Gasteiger partial charge in [-0.15, -0.1) is 0 Å². The third-order valence-electron chi connectivity index (χ3n) is 14.7. The first-order valence-corrected chi connectivity index (χ1v) is 32.0. The average molecular weight is 993 g/mol. The van der Waals surface area contributed by atoms with Crippen LogP contribution in [0.5, 0.6) is 0 Å². The maximum absolute atomic E-state index is 12.5. The van der Waals surface area contributed by atoms with Crippen molar-refractivity contribution in [1.29, 1.82) is 0 Å². The first kappa shape index (κ1) is 69.1. The van der Waals surface area contributed by atoms with Crippen LogP contribution in [0.25, 0.3) is 0 Å². The zero-order valence-corrected chi connectivity index (χ0v) is 48.0. The van der Waals surface area contributed by atoms with Crippen LogP contribution in [0, 0.1) is 0 Å². The fourth-order valence-corrected chi connectivity index (χ4v) is 9.83. The molecule has 0 rings (SSSR count). The summed E-state index contributed by atoms with van der Waals surface area (Å²) in [6, 6.07) is -0.648.